The van der Waals surface area contributed by atoms with Crippen LogP contribution in [0.3, 0.4) is 0 Å². The highest BCUT2D eigenvalue weighted by Gasteiger charge is 1.92. The summed E-state index contributed by atoms with van der Waals surface area (Å²) in [4.78, 5) is 0. The predicted octanol–water partition coefficient (Wildman–Crippen LogP) is 2.44. The molecule has 13 heavy (non-hydrogen) atoms. The minimum atomic E-state index is 0.886. The largest absolute Gasteiger partial charge is 0.497 e. The standard InChI is InChI=1S/C9H13NO.C2H6/c1-10-7-8-4-3-5-9(6-8)11-2;1-2/h3-6,10H,7H2,1-2H3;1-2H3. The Morgan fingerprint density at radius 3 is 2.54 bits per heavy atom. The number of hydrogen-bond donors (Lipinski definition) is 1. The molecule has 0 atom stereocenters. The van der Waals surface area contributed by atoms with Gasteiger partial charge in [-0.1, -0.05) is 26.0 Å². The summed E-state index contributed by atoms with van der Waals surface area (Å²) < 4.78 is 5.07. The summed E-state index contributed by atoms with van der Waals surface area (Å²) in [6.45, 7) is 4.89. The van der Waals surface area contributed by atoms with Crippen molar-refractivity contribution in [1.82, 2.24) is 5.32 Å². The summed E-state index contributed by atoms with van der Waals surface area (Å²) in [5.74, 6) is 0.915. The lowest BCUT2D eigenvalue weighted by Crippen LogP contribution is -2.04. The lowest BCUT2D eigenvalue weighted by atomic mass is 10.2. The van der Waals surface area contributed by atoms with Gasteiger partial charge >= 0.3 is 0 Å². The van der Waals surface area contributed by atoms with E-state index in [1.807, 2.05) is 39.1 Å². The van der Waals surface area contributed by atoms with Crippen LogP contribution in [0, 0.1) is 0 Å². The van der Waals surface area contributed by atoms with Crippen molar-refractivity contribution < 1.29 is 4.74 Å². The Labute approximate surface area is 80.9 Å². The summed E-state index contributed by atoms with van der Waals surface area (Å²) in [6.07, 6.45) is 0. The lowest BCUT2D eigenvalue weighted by Gasteiger charge is -2.02. The predicted molar refractivity (Wildman–Crippen MR) is 57.1 cm³/mol. The van der Waals surface area contributed by atoms with E-state index in [-0.39, 0.29) is 0 Å². The zero-order chi connectivity index (χ0) is 10.1. The summed E-state index contributed by atoms with van der Waals surface area (Å²) >= 11 is 0. The van der Waals surface area contributed by atoms with E-state index in [1.165, 1.54) is 5.56 Å². The molecule has 0 amide bonds. The molecule has 0 heterocycles. The molecule has 74 valence electrons. The fraction of sp³-hybridized carbons (Fsp3) is 0.455. The first-order chi connectivity index (χ1) is 6.36. The molecular weight excluding hydrogens is 162 g/mol. The van der Waals surface area contributed by atoms with Gasteiger partial charge in [-0.3, -0.25) is 0 Å². The van der Waals surface area contributed by atoms with Crippen LogP contribution >= 0.6 is 0 Å². The smallest absolute Gasteiger partial charge is 0.119 e. The topological polar surface area (TPSA) is 21.3 Å². The monoisotopic (exact) mass is 181 g/mol. The van der Waals surface area contributed by atoms with Crippen molar-refractivity contribution in [3.8, 4) is 5.75 Å². The van der Waals surface area contributed by atoms with Crippen molar-refractivity contribution in [2.24, 2.45) is 0 Å². The highest BCUT2D eigenvalue weighted by molar-refractivity contribution is 5.28. The summed E-state index contributed by atoms with van der Waals surface area (Å²) in [7, 11) is 3.61. The second-order valence-electron chi connectivity index (χ2n) is 2.38. The van der Waals surface area contributed by atoms with Crippen molar-refractivity contribution in [2.45, 2.75) is 20.4 Å². The van der Waals surface area contributed by atoms with Crippen LogP contribution in [0.5, 0.6) is 5.75 Å². The first-order valence-corrected chi connectivity index (χ1v) is 4.64. The fourth-order valence-corrected chi connectivity index (χ4v) is 0.987. The van der Waals surface area contributed by atoms with Gasteiger partial charge in [0.25, 0.3) is 0 Å². The van der Waals surface area contributed by atoms with E-state index in [0.717, 1.165) is 12.3 Å². The maximum absolute atomic E-state index is 5.07. The average molecular weight is 181 g/mol. The quantitative estimate of drug-likeness (QED) is 0.773. The molecule has 1 aromatic carbocycles. The minimum Gasteiger partial charge on any atom is -0.497 e. The molecule has 0 spiro atoms. The number of nitrogens with one attached hydrogen (secondary N) is 1. The third kappa shape index (κ3) is 4.53. The van der Waals surface area contributed by atoms with Crippen molar-refractivity contribution in [3.63, 3.8) is 0 Å². The van der Waals surface area contributed by atoms with Crippen LogP contribution in [0.25, 0.3) is 0 Å². The van der Waals surface area contributed by atoms with Gasteiger partial charge in [-0.2, -0.15) is 0 Å². The first-order valence-electron chi connectivity index (χ1n) is 4.64. The van der Waals surface area contributed by atoms with Crippen LogP contribution in [0.4, 0.5) is 0 Å². The lowest BCUT2D eigenvalue weighted by molar-refractivity contribution is 0.414. The molecule has 0 aromatic heterocycles. The molecule has 1 N–H and O–H groups in total. The van der Waals surface area contributed by atoms with Gasteiger partial charge in [0, 0.05) is 6.54 Å². The number of benzene rings is 1. The van der Waals surface area contributed by atoms with Gasteiger partial charge in [0.15, 0.2) is 0 Å². The van der Waals surface area contributed by atoms with Gasteiger partial charge < -0.3 is 10.1 Å². The Balaban J connectivity index is 0.000000671. The van der Waals surface area contributed by atoms with E-state index < -0.39 is 0 Å². The van der Waals surface area contributed by atoms with E-state index in [1.54, 1.807) is 7.11 Å². The van der Waals surface area contributed by atoms with E-state index in [0.29, 0.717) is 0 Å². The second-order valence-corrected chi connectivity index (χ2v) is 2.38. The summed E-state index contributed by atoms with van der Waals surface area (Å²) in [5.41, 5.74) is 1.24. The molecule has 0 aliphatic heterocycles. The molecule has 0 unspecified atom stereocenters. The molecule has 0 radical (unpaired) electrons. The van der Waals surface area contributed by atoms with Gasteiger partial charge in [-0.15, -0.1) is 0 Å². The van der Waals surface area contributed by atoms with Crippen LogP contribution < -0.4 is 10.1 Å². The minimum absolute atomic E-state index is 0.886. The molecule has 0 aliphatic carbocycles. The second kappa shape index (κ2) is 7.62. The number of ether oxygens (including phenoxy) is 1. The van der Waals surface area contributed by atoms with Gasteiger partial charge in [0.2, 0.25) is 0 Å². The average Bonchev–Trinajstić information content (AvgIpc) is 2.22. The number of rotatable bonds is 3. The van der Waals surface area contributed by atoms with Gasteiger partial charge in [-0.25, -0.2) is 0 Å². The molecule has 0 fully saturated rings. The molecular formula is C11H19NO. The van der Waals surface area contributed by atoms with E-state index in [9.17, 15) is 0 Å². The highest BCUT2D eigenvalue weighted by Crippen LogP contribution is 2.11. The van der Waals surface area contributed by atoms with E-state index >= 15 is 0 Å². The Morgan fingerprint density at radius 1 is 1.31 bits per heavy atom. The molecule has 1 aromatic rings. The maximum atomic E-state index is 5.07. The van der Waals surface area contributed by atoms with Gasteiger partial charge in [0.1, 0.15) is 5.75 Å². The molecule has 1 rings (SSSR count). The number of hydrogen-bond acceptors (Lipinski definition) is 2. The Kier molecular flexibility index (Phi) is 7.02. The SMILES string of the molecule is CC.CNCc1cccc(OC)c1. The summed E-state index contributed by atoms with van der Waals surface area (Å²) in [5, 5.41) is 3.08. The Bertz CT molecular complexity index is 223. The molecule has 0 aliphatic rings. The Hall–Kier alpha value is -1.02. The molecule has 2 nitrogen and oxygen atoms in total. The van der Waals surface area contributed by atoms with Crippen molar-refractivity contribution >= 4 is 0 Å². The third-order valence-corrected chi connectivity index (χ3v) is 1.52. The normalized spacial score (nSPS) is 8.62. The zero-order valence-electron chi connectivity index (χ0n) is 8.92. The van der Waals surface area contributed by atoms with Crippen LogP contribution in [0.15, 0.2) is 24.3 Å². The fourth-order valence-electron chi connectivity index (χ4n) is 0.987. The number of methoxy groups -OCH3 is 1. The van der Waals surface area contributed by atoms with Crippen LogP contribution in [0.1, 0.15) is 19.4 Å². The molecule has 0 saturated carbocycles. The zero-order valence-corrected chi connectivity index (χ0v) is 8.92. The van der Waals surface area contributed by atoms with Gasteiger partial charge in [0.05, 0.1) is 7.11 Å². The molecule has 0 bridgehead atoms. The van der Waals surface area contributed by atoms with Crippen molar-refractivity contribution in [1.29, 1.82) is 0 Å². The van der Waals surface area contributed by atoms with Crippen LogP contribution in [0.2, 0.25) is 0 Å². The van der Waals surface area contributed by atoms with E-state index in [4.69, 9.17) is 4.74 Å². The van der Waals surface area contributed by atoms with E-state index in [2.05, 4.69) is 11.4 Å². The molecule has 0 saturated heterocycles. The van der Waals surface area contributed by atoms with Crippen LogP contribution in [-0.2, 0) is 6.54 Å². The third-order valence-electron chi connectivity index (χ3n) is 1.52. The summed E-state index contributed by atoms with van der Waals surface area (Å²) in [6, 6.07) is 8.03. The maximum Gasteiger partial charge on any atom is 0.119 e. The van der Waals surface area contributed by atoms with Gasteiger partial charge in [-0.05, 0) is 24.7 Å². The Morgan fingerprint density at radius 2 is 2.00 bits per heavy atom. The van der Waals surface area contributed by atoms with Crippen LogP contribution in [-0.4, -0.2) is 14.2 Å². The van der Waals surface area contributed by atoms with Crippen molar-refractivity contribution in [2.75, 3.05) is 14.2 Å². The highest BCUT2D eigenvalue weighted by atomic mass is 16.5. The first kappa shape index (κ1) is 12.0. The van der Waals surface area contributed by atoms with Crippen molar-refractivity contribution in [3.05, 3.63) is 29.8 Å². The molecule has 2 heteroatoms.